The fourth-order valence-corrected chi connectivity index (χ4v) is 4.97. The first-order valence-electron chi connectivity index (χ1n) is 9.97. The van der Waals surface area contributed by atoms with E-state index >= 15 is 0 Å². The number of sulfonamides is 1. The Morgan fingerprint density at radius 2 is 1.87 bits per heavy atom. The van der Waals surface area contributed by atoms with Gasteiger partial charge in [-0.05, 0) is 55.7 Å². The van der Waals surface area contributed by atoms with Crippen LogP contribution in [-0.4, -0.2) is 39.3 Å². The van der Waals surface area contributed by atoms with Gasteiger partial charge in [0.1, 0.15) is 16.5 Å². The maximum absolute atomic E-state index is 13.8. The van der Waals surface area contributed by atoms with Crippen LogP contribution in [0.3, 0.4) is 0 Å². The summed E-state index contributed by atoms with van der Waals surface area (Å²) in [6, 6.07) is 10.7. The average molecular weight is 435 g/mol. The third-order valence-corrected chi connectivity index (χ3v) is 7.37. The maximum Gasteiger partial charge on any atom is 0.246 e. The van der Waals surface area contributed by atoms with Gasteiger partial charge < -0.3 is 10.1 Å². The van der Waals surface area contributed by atoms with E-state index in [2.05, 4.69) is 5.32 Å². The van der Waals surface area contributed by atoms with Crippen molar-refractivity contribution in [1.82, 2.24) is 4.31 Å². The van der Waals surface area contributed by atoms with Gasteiger partial charge in [-0.15, -0.1) is 0 Å². The minimum atomic E-state index is -3.77. The van der Waals surface area contributed by atoms with Gasteiger partial charge in [0.15, 0.2) is 0 Å². The fraction of sp³-hybridized carbons (Fsp3) is 0.409. The molecule has 0 saturated heterocycles. The Labute approximate surface area is 177 Å². The van der Waals surface area contributed by atoms with E-state index in [1.165, 1.54) is 32.3 Å². The van der Waals surface area contributed by atoms with Gasteiger partial charge in [0.25, 0.3) is 0 Å². The summed E-state index contributed by atoms with van der Waals surface area (Å²) in [6.45, 7) is 2.08. The van der Waals surface area contributed by atoms with Gasteiger partial charge in [0, 0.05) is 19.8 Å². The van der Waals surface area contributed by atoms with Gasteiger partial charge >= 0.3 is 0 Å². The standard InChI is InChI=1S/C22H27FN2O4S/c1-4-29-19-11-10-18(15-20(19)30(27,28)25(2)3)24-21(26)22(12-5-6-13-22)16-8-7-9-17(23)14-16/h7-11,14-15H,4-6,12-13H2,1-3H3,(H,24,26). The third-order valence-electron chi connectivity index (χ3n) is 5.53. The van der Waals surface area contributed by atoms with E-state index in [-0.39, 0.29) is 22.4 Å². The van der Waals surface area contributed by atoms with Crippen LogP contribution < -0.4 is 10.1 Å². The topological polar surface area (TPSA) is 75.7 Å². The van der Waals surface area contributed by atoms with Crippen LogP contribution in [0.4, 0.5) is 10.1 Å². The van der Waals surface area contributed by atoms with Crippen molar-refractivity contribution in [2.24, 2.45) is 0 Å². The number of carbonyl (C=O) groups excluding carboxylic acids is 1. The summed E-state index contributed by atoms with van der Waals surface area (Å²) >= 11 is 0. The molecule has 0 aliphatic heterocycles. The molecule has 1 saturated carbocycles. The number of hydrogen-bond acceptors (Lipinski definition) is 4. The lowest BCUT2D eigenvalue weighted by atomic mass is 9.78. The second kappa shape index (κ2) is 8.73. The van der Waals surface area contributed by atoms with Crippen molar-refractivity contribution in [1.29, 1.82) is 0 Å². The molecule has 162 valence electrons. The van der Waals surface area contributed by atoms with Crippen molar-refractivity contribution < 1.29 is 22.3 Å². The molecule has 2 aromatic rings. The van der Waals surface area contributed by atoms with Crippen LogP contribution in [0.15, 0.2) is 47.4 Å². The van der Waals surface area contributed by atoms with Crippen LogP contribution in [0.5, 0.6) is 5.75 Å². The molecule has 1 amide bonds. The first-order valence-corrected chi connectivity index (χ1v) is 11.4. The maximum atomic E-state index is 13.8. The van der Waals surface area contributed by atoms with Crippen molar-refractivity contribution in [2.75, 3.05) is 26.0 Å². The van der Waals surface area contributed by atoms with Gasteiger partial charge in [0.2, 0.25) is 15.9 Å². The highest BCUT2D eigenvalue weighted by Crippen LogP contribution is 2.42. The highest BCUT2D eigenvalue weighted by Gasteiger charge is 2.43. The minimum Gasteiger partial charge on any atom is -0.492 e. The lowest BCUT2D eigenvalue weighted by Crippen LogP contribution is -2.38. The number of benzene rings is 2. The Hall–Kier alpha value is -2.45. The molecular weight excluding hydrogens is 407 g/mol. The quantitative estimate of drug-likeness (QED) is 0.717. The molecule has 1 aliphatic rings. The van der Waals surface area contributed by atoms with E-state index in [0.717, 1.165) is 17.1 Å². The predicted octanol–water partition coefficient (Wildman–Crippen LogP) is 3.93. The lowest BCUT2D eigenvalue weighted by Gasteiger charge is -2.28. The molecule has 3 rings (SSSR count). The van der Waals surface area contributed by atoms with E-state index in [0.29, 0.717) is 30.7 Å². The second-order valence-electron chi connectivity index (χ2n) is 7.64. The summed E-state index contributed by atoms with van der Waals surface area (Å²) in [5, 5.41) is 2.86. The Morgan fingerprint density at radius 1 is 1.17 bits per heavy atom. The highest BCUT2D eigenvalue weighted by molar-refractivity contribution is 7.89. The first-order chi connectivity index (χ1) is 14.2. The number of carbonyl (C=O) groups is 1. The Morgan fingerprint density at radius 3 is 2.47 bits per heavy atom. The molecular formula is C22H27FN2O4S. The van der Waals surface area contributed by atoms with Gasteiger partial charge in [-0.2, -0.15) is 0 Å². The number of halogens is 1. The molecule has 2 aromatic carbocycles. The Bertz CT molecular complexity index is 1030. The number of anilines is 1. The van der Waals surface area contributed by atoms with Crippen LogP contribution in [0.2, 0.25) is 0 Å². The molecule has 8 heteroatoms. The number of rotatable bonds is 7. The van der Waals surface area contributed by atoms with Gasteiger partial charge in [-0.1, -0.05) is 25.0 Å². The van der Waals surface area contributed by atoms with Crippen LogP contribution in [0, 0.1) is 5.82 Å². The second-order valence-corrected chi connectivity index (χ2v) is 9.76. The number of nitrogens with one attached hydrogen (secondary N) is 1. The number of amides is 1. The smallest absolute Gasteiger partial charge is 0.246 e. The largest absolute Gasteiger partial charge is 0.492 e. The van der Waals surface area contributed by atoms with Gasteiger partial charge in [0.05, 0.1) is 12.0 Å². The molecule has 0 spiro atoms. The number of ether oxygens (including phenoxy) is 1. The zero-order valence-electron chi connectivity index (χ0n) is 17.4. The molecule has 0 atom stereocenters. The molecule has 0 heterocycles. The predicted molar refractivity (Wildman–Crippen MR) is 114 cm³/mol. The van der Waals surface area contributed by atoms with Crippen molar-refractivity contribution in [3.8, 4) is 5.75 Å². The normalized spacial score (nSPS) is 15.9. The molecule has 6 nitrogen and oxygen atoms in total. The molecule has 0 radical (unpaired) electrons. The average Bonchev–Trinajstić information content (AvgIpc) is 3.20. The summed E-state index contributed by atoms with van der Waals surface area (Å²) in [5.41, 5.74) is 0.164. The van der Waals surface area contributed by atoms with Gasteiger partial charge in [-0.25, -0.2) is 17.1 Å². The van der Waals surface area contributed by atoms with E-state index in [1.54, 1.807) is 31.2 Å². The van der Waals surface area contributed by atoms with Crippen molar-refractivity contribution in [2.45, 2.75) is 42.9 Å². The highest BCUT2D eigenvalue weighted by atomic mass is 32.2. The Balaban J connectivity index is 1.98. The SMILES string of the molecule is CCOc1ccc(NC(=O)C2(c3cccc(F)c3)CCCC2)cc1S(=O)(=O)N(C)C. The molecule has 1 N–H and O–H groups in total. The summed E-state index contributed by atoms with van der Waals surface area (Å²) in [4.78, 5) is 13.3. The van der Waals surface area contributed by atoms with Crippen molar-refractivity contribution in [3.05, 3.63) is 53.8 Å². The number of hydrogen-bond donors (Lipinski definition) is 1. The molecule has 0 aromatic heterocycles. The van der Waals surface area contributed by atoms with Crippen LogP contribution in [0.25, 0.3) is 0 Å². The molecule has 0 unspecified atom stereocenters. The van der Waals surface area contributed by atoms with E-state index in [1.807, 2.05) is 0 Å². The summed E-state index contributed by atoms with van der Waals surface area (Å²) in [7, 11) is -0.896. The van der Waals surface area contributed by atoms with E-state index in [4.69, 9.17) is 4.74 Å². The zero-order chi connectivity index (χ0) is 21.9. The monoisotopic (exact) mass is 434 g/mol. The Kier molecular flexibility index (Phi) is 6.47. The number of nitrogens with zero attached hydrogens (tertiary/aromatic N) is 1. The fourth-order valence-electron chi connectivity index (χ4n) is 3.92. The first kappa shape index (κ1) is 22.2. The van der Waals surface area contributed by atoms with Crippen LogP contribution >= 0.6 is 0 Å². The van der Waals surface area contributed by atoms with E-state index in [9.17, 15) is 17.6 Å². The van der Waals surface area contributed by atoms with Crippen molar-refractivity contribution in [3.63, 3.8) is 0 Å². The van der Waals surface area contributed by atoms with Crippen LogP contribution in [0.1, 0.15) is 38.2 Å². The zero-order valence-corrected chi connectivity index (χ0v) is 18.3. The van der Waals surface area contributed by atoms with Crippen molar-refractivity contribution >= 4 is 21.6 Å². The summed E-state index contributed by atoms with van der Waals surface area (Å²) in [5.74, 6) is -0.417. The lowest BCUT2D eigenvalue weighted by molar-refractivity contribution is -0.121. The molecule has 0 bridgehead atoms. The molecule has 1 aliphatic carbocycles. The third kappa shape index (κ3) is 4.20. The molecule has 1 fully saturated rings. The van der Waals surface area contributed by atoms with Crippen LogP contribution in [-0.2, 0) is 20.2 Å². The summed E-state index contributed by atoms with van der Waals surface area (Å²) < 4.78 is 45.9. The van der Waals surface area contributed by atoms with E-state index < -0.39 is 15.4 Å². The van der Waals surface area contributed by atoms with Gasteiger partial charge in [-0.3, -0.25) is 4.79 Å². The summed E-state index contributed by atoms with van der Waals surface area (Å²) in [6.07, 6.45) is 2.96. The minimum absolute atomic E-state index is 0.0154. The molecule has 30 heavy (non-hydrogen) atoms.